The van der Waals surface area contributed by atoms with Crippen molar-refractivity contribution in [2.45, 2.75) is 32.2 Å². The Labute approximate surface area is 125 Å². The molecule has 1 saturated heterocycles. The summed E-state index contributed by atoms with van der Waals surface area (Å²) in [6.07, 6.45) is 3.23. The van der Waals surface area contributed by atoms with Gasteiger partial charge in [0.2, 0.25) is 0 Å². The van der Waals surface area contributed by atoms with Gasteiger partial charge in [-0.2, -0.15) is 0 Å². The minimum absolute atomic E-state index is 0.127. The zero-order chi connectivity index (χ0) is 14.7. The summed E-state index contributed by atoms with van der Waals surface area (Å²) in [5.41, 5.74) is 1.73. The Morgan fingerprint density at radius 1 is 1.38 bits per heavy atom. The number of benzene rings is 1. The number of H-pyrrole nitrogens is 1. The summed E-state index contributed by atoms with van der Waals surface area (Å²) in [6, 6.07) is 10.3. The molecule has 4 heteroatoms. The molecule has 0 saturated carbocycles. The average Bonchev–Trinajstić information content (AvgIpc) is 2.97. The molecule has 21 heavy (non-hydrogen) atoms. The van der Waals surface area contributed by atoms with Crippen LogP contribution in [0.5, 0.6) is 0 Å². The summed E-state index contributed by atoms with van der Waals surface area (Å²) >= 11 is 0. The van der Waals surface area contributed by atoms with Crippen molar-refractivity contribution in [3.8, 4) is 0 Å². The van der Waals surface area contributed by atoms with E-state index in [2.05, 4.69) is 17.2 Å². The zero-order valence-electron chi connectivity index (χ0n) is 12.6. The maximum Gasteiger partial charge on any atom is 0.270 e. The maximum absolute atomic E-state index is 12.9. The van der Waals surface area contributed by atoms with Crippen LogP contribution in [-0.4, -0.2) is 41.5 Å². The van der Waals surface area contributed by atoms with Gasteiger partial charge in [-0.05, 0) is 37.9 Å². The highest BCUT2D eigenvalue weighted by Gasteiger charge is 2.26. The molecule has 1 fully saturated rings. The molecular formula is C17H23N3O. The lowest BCUT2D eigenvalue weighted by atomic mass is 10.0. The lowest BCUT2D eigenvalue weighted by molar-refractivity contribution is 0.0644. The van der Waals surface area contributed by atoms with Gasteiger partial charge in [0.15, 0.2) is 0 Å². The Bertz CT molecular complexity index is 580. The molecule has 2 heterocycles. The zero-order valence-corrected chi connectivity index (χ0v) is 12.6. The maximum atomic E-state index is 12.9. The number of nitrogens with zero attached hydrogens (tertiary/aromatic N) is 1. The fourth-order valence-electron chi connectivity index (χ4n) is 3.13. The fourth-order valence-corrected chi connectivity index (χ4v) is 3.13. The van der Waals surface area contributed by atoms with Crippen molar-refractivity contribution in [1.29, 1.82) is 0 Å². The van der Waals surface area contributed by atoms with Crippen LogP contribution in [0.4, 0.5) is 0 Å². The molecule has 0 radical (unpaired) electrons. The molecular weight excluding hydrogens is 262 g/mol. The Kier molecular flexibility index (Phi) is 4.25. The highest BCUT2D eigenvalue weighted by atomic mass is 16.2. The van der Waals surface area contributed by atoms with E-state index in [1.54, 1.807) is 0 Å². The van der Waals surface area contributed by atoms with Gasteiger partial charge in [-0.15, -0.1) is 0 Å². The van der Waals surface area contributed by atoms with Crippen molar-refractivity contribution < 1.29 is 4.79 Å². The number of fused-ring (bicyclic) bond motifs is 1. The number of amides is 1. The predicted molar refractivity (Wildman–Crippen MR) is 85.5 cm³/mol. The summed E-state index contributed by atoms with van der Waals surface area (Å²) in [4.78, 5) is 18.2. The van der Waals surface area contributed by atoms with E-state index in [1.165, 1.54) is 0 Å². The summed E-state index contributed by atoms with van der Waals surface area (Å²) < 4.78 is 0. The second kappa shape index (κ2) is 6.31. The molecule has 3 rings (SSSR count). The first kappa shape index (κ1) is 14.1. The molecule has 0 aliphatic carbocycles. The highest BCUT2D eigenvalue weighted by molar-refractivity contribution is 5.98. The molecule has 0 bridgehead atoms. The van der Waals surface area contributed by atoms with Gasteiger partial charge in [0.25, 0.3) is 5.91 Å². The fraction of sp³-hybridized carbons (Fsp3) is 0.471. The first-order valence-electron chi connectivity index (χ1n) is 7.89. The lowest BCUT2D eigenvalue weighted by Gasteiger charge is -2.34. The van der Waals surface area contributed by atoms with Crippen LogP contribution in [0, 0.1) is 0 Å². The minimum Gasteiger partial charge on any atom is -0.351 e. The molecule has 1 amide bonds. The van der Waals surface area contributed by atoms with Gasteiger partial charge in [-0.3, -0.25) is 4.79 Å². The molecule has 1 aliphatic rings. The van der Waals surface area contributed by atoms with Crippen LogP contribution in [0.1, 0.15) is 36.7 Å². The van der Waals surface area contributed by atoms with Gasteiger partial charge >= 0.3 is 0 Å². The van der Waals surface area contributed by atoms with Crippen LogP contribution in [-0.2, 0) is 0 Å². The van der Waals surface area contributed by atoms with Crippen LogP contribution in [0.2, 0.25) is 0 Å². The topological polar surface area (TPSA) is 48.1 Å². The molecule has 0 spiro atoms. The van der Waals surface area contributed by atoms with Crippen LogP contribution in [0.3, 0.4) is 0 Å². The standard InChI is InChI=1S/C17H23N3O/c1-2-10-20(14-7-5-9-18-12-14)17(21)16-11-13-6-3-4-8-15(13)19-16/h3-4,6,8,11,14,18-19H,2,5,7,9-10,12H2,1H3. The smallest absolute Gasteiger partial charge is 0.270 e. The molecule has 1 aromatic heterocycles. The number of para-hydroxylation sites is 1. The molecule has 1 unspecified atom stereocenters. The second-order valence-electron chi connectivity index (χ2n) is 5.77. The van der Waals surface area contributed by atoms with E-state index < -0.39 is 0 Å². The minimum atomic E-state index is 0.127. The van der Waals surface area contributed by atoms with E-state index in [1.807, 2.05) is 35.2 Å². The molecule has 1 aliphatic heterocycles. The van der Waals surface area contributed by atoms with Gasteiger partial charge in [0.05, 0.1) is 0 Å². The Morgan fingerprint density at radius 2 is 2.24 bits per heavy atom. The normalized spacial score (nSPS) is 18.8. The number of piperidine rings is 1. The lowest BCUT2D eigenvalue weighted by Crippen LogP contribution is -2.49. The second-order valence-corrected chi connectivity index (χ2v) is 5.77. The molecule has 2 aromatic rings. The number of aromatic amines is 1. The third-order valence-corrected chi connectivity index (χ3v) is 4.20. The van der Waals surface area contributed by atoms with Crippen molar-refractivity contribution in [2.24, 2.45) is 0 Å². The Hall–Kier alpha value is -1.81. The predicted octanol–water partition coefficient (Wildman–Crippen LogP) is 2.77. The number of hydrogen-bond donors (Lipinski definition) is 2. The van der Waals surface area contributed by atoms with E-state index in [4.69, 9.17) is 0 Å². The summed E-state index contributed by atoms with van der Waals surface area (Å²) in [5, 5.41) is 4.50. The SMILES string of the molecule is CCCN(C(=O)c1cc2ccccc2[nH]1)C1CCCNC1. The monoisotopic (exact) mass is 285 g/mol. The number of carbonyl (C=O) groups is 1. The molecule has 1 atom stereocenters. The molecule has 1 aromatic carbocycles. The van der Waals surface area contributed by atoms with Crippen LogP contribution in [0.25, 0.3) is 10.9 Å². The van der Waals surface area contributed by atoms with Crippen molar-refractivity contribution >= 4 is 16.8 Å². The Balaban J connectivity index is 1.85. The van der Waals surface area contributed by atoms with E-state index in [0.717, 1.165) is 49.8 Å². The summed E-state index contributed by atoms with van der Waals surface area (Å²) in [6.45, 7) is 4.92. The number of hydrogen-bond acceptors (Lipinski definition) is 2. The van der Waals surface area contributed by atoms with E-state index in [-0.39, 0.29) is 5.91 Å². The van der Waals surface area contributed by atoms with Gasteiger partial charge in [-0.25, -0.2) is 0 Å². The van der Waals surface area contributed by atoms with Crippen molar-refractivity contribution in [1.82, 2.24) is 15.2 Å². The summed E-state index contributed by atoms with van der Waals surface area (Å²) in [7, 11) is 0. The molecule has 112 valence electrons. The summed E-state index contributed by atoms with van der Waals surface area (Å²) in [5.74, 6) is 0.127. The van der Waals surface area contributed by atoms with Crippen LogP contribution in [0.15, 0.2) is 30.3 Å². The number of carbonyl (C=O) groups excluding carboxylic acids is 1. The van der Waals surface area contributed by atoms with Crippen molar-refractivity contribution in [3.63, 3.8) is 0 Å². The first-order valence-corrected chi connectivity index (χ1v) is 7.89. The molecule has 4 nitrogen and oxygen atoms in total. The molecule has 2 N–H and O–H groups in total. The highest BCUT2D eigenvalue weighted by Crippen LogP contribution is 2.19. The third-order valence-electron chi connectivity index (χ3n) is 4.20. The van der Waals surface area contributed by atoms with E-state index in [0.29, 0.717) is 11.7 Å². The van der Waals surface area contributed by atoms with Crippen LogP contribution < -0.4 is 5.32 Å². The largest absolute Gasteiger partial charge is 0.351 e. The van der Waals surface area contributed by atoms with E-state index >= 15 is 0 Å². The number of nitrogens with one attached hydrogen (secondary N) is 2. The van der Waals surface area contributed by atoms with Gasteiger partial charge in [0, 0.05) is 30.0 Å². The number of aromatic nitrogens is 1. The quantitative estimate of drug-likeness (QED) is 0.907. The number of rotatable bonds is 4. The van der Waals surface area contributed by atoms with Gasteiger partial charge < -0.3 is 15.2 Å². The van der Waals surface area contributed by atoms with E-state index in [9.17, 15) is 4.79 Å². The van der Waals surface area contributed by atoms with Crippen LogP contribution >= 0.6 is 0 Å². The average molecular weight is 285 g/mol. The van der Waals surface area contributed by atoms with Gasteiger partial charge in [-0.1, -0.05) is 25.1 Å². The third kappa shape index (κ3) is 2.95. The van der Waals surface area contributed by atoms with Crippen molar-refractivity contribution in [2.75, 3.05) is 19.6 Å². The van der Waals surface area contributed by atoms with Crippen molar-refractivity contribution in [3.05, 3.63) is 36.0 Å². The first-order chi connectivity index (χ1) is 10.3. The Morgan fingerprint density at radius 3 is 2.95 bits per heavy atom. The van der Waals surface area contributed by atoms with Gasteiger partial charge in [0.1, 0.15) is 5.69 Å².